The zero-order valence-electron chi connectivity index (χ0n) is 12.1. The highest BCUT2D eigenvalue weighted by Crippen LogP contribution is 2.30. The Morgan fingerprint density at radius 1 is 1.05 bits per heavy atom. The first-order valence-electron chi connectivity index (χ1n) is 6.84. The summed E-state index contributed by atoms with van der Waals surface area (Å²) in [7, 11) is 3.08. The molecule has 1 aromatic carbocycles. The molecular formula is C15H24FNO2. The molecule has 0 amide bonds. The van der Waals surface area contributed by atoms with Gasteiger partial charge in [0.15, 0.2) is 11.5 Å². The lowest BCUT2D eigenvalue weighted by Crippen LogP contribution is -2.13. The lowest BCUT2D eigenvalue weighted by molar-refractivity contribution is 0.351. The van der Waals surface area contributed by atoms with Crippen LogP contribution in [0.5, 0.6) is 11.5 Å². The number of aryl methyl sites for hydroxylation is 1. The van der Waals surface area contributed by atoms with Gasteiger partial charge >= 0.3 is 0 Å². The summed E-state index contributed by atoms with van der Waals surface area (Å²) < 4.78 is 24.1. The third-order valence-electron chi connectivity index (χ3n) is 3.10. The molecule has 0 spiro atoms. The number of unbranched alkanes of at least 4 members (excludes halogenated alkanes) is 2. The Labute approximate surface area is 115 Å². The molecule has 3 nitrogen and oxygen atoms in total. The van der Waals surface area contributed by atoms with E-state index >= 15 is 0 Å². The number of halogens is 1. The van der Waals surface area contributed by atoms with Crippen molar-refractivity contribution in [1.82, 2.24) is 5.32 Å². The van der Waals surface area contributed by atoms with Crippen LogP contribution in [-0.2, 0) is 6.42 Å². The predicted molar refractivity (Wildman–Crippen MR) is 75.6 cm³/mol. The molecule has 0 aliphatic carbocycles. The summed E-state index contributed by atoms with van der Waals surface area (Å²) >= 11 is 0. The van der Waals surface area contributed by atoms with Crippen LogP contribution in [0.2, 0.25) is 0 Å². The lowest BCUT2D eigenvalue weighted by Gasteiger charge is -2.11. The highest BCUT2D eigenvalue weighted by Gasteiger charge is 2.10. The number of benzene rings is 1. The van der Waals surface area contributed by atoms with E-state index in [1.165, 1.54) is 13.2 Å². The summed E-state index contributed by atoms with van der Waals surface area (Å²) in [6.45, 7) is 4.13. The van der Waals surface area contributed by atoms with Gasteiger partial charge in [-0.15, -0.1) is 0 Å². The fourth-order valence-electron chi connectivity index (χ4n) is 2.01. The first-order valence-corrected chi connectivity index (χ1v) is 6.84. The molecule has 19 heavy (non-hydrogen) atoms. The number of hydrogen-bond donors (Lipinski definition) is 1. The van der Waals surface area contributed by atoms with E-state index in [0.717, 1.165) is 38.8 Å². The Balaban J connectivity index is 2.49. The quantitative estimate of drug-likeness (QED) is 0.698. The molecule has 0 saturated heterocycles. The Kier molecular flexibility index (Phi) is 7.26. The average molecular weight is 269 g/mol. The second-order valence-corrected chi connectivity index (χ2v) is 4.46. The zero-order chi connectivity index (χ0) is 14.1. The van der Waals surface area contributed by atoms with Crippen molar-refractivity contribution in [2.24, 2.45) is 0 Å². The van der Waals surface area contributed by atoms with E-state index in [1.54, 1.807) is 13.2 Å². The minimum Gasteiger partial charge on any atom is -0.493 e. The van der Waals surface area contributed by atoms with Crippen molar-refractivity contribution in [3.8, 4) is 11.5 Å². The molecule has 0 bridgehead atoms. The van der Waals surface area contributed by atoms with Gasteiger partial charge in [-0.05, 0) is 44.0 Å². The molecule has 0 aliphatic rings. The second-order valence-electron chi connectivity index (χ2n) is 4.46. The Hall–Kier alpha value is -1.29. The van der Waals surface area contributed by atoms with Gasteiger partial charge in [0, 0.05) is 6.07 Å². The van der Waals surface area contributed by atoms with Gasteiger partial charge < -0.3 is 14.8 Å². The van der Waals surface area contributed by atoms with Gasteiger partial charge in [-0.2, -0.15) is 0 Å². The fraction of sp³-hybridized carbons (Fsp3) is 0.600. The highest BCUT2D eigenvalue weighted by atomic mass is 19.1. The van der Waals surface area contributed by atoms with Crippen LogP contribution >= 0.6 is 0 Å². The molecule has 0 aromatic heterocycles. The summed E-state index contributed by atoms with van der Waals surface area (Å²) in [6.07, 6.45) is 3.94. The largest absolute Gasteiger partial charge is 0.493 e. The fourth-order valence-corrected chi connectivity index (χ4v) is 2.01. The van der Waals surface area contributed by atoms with Crippen molar-refractivity contribution in [2.75, 3.05) is 27.3 Å². The molecule has 0 unspecified atom stereocenters. The molecule has 4 heteroatoms. The molecule has 0 radical (unpaired) electrons. The van der Waals surface area contributed by atoms with Gasteiger partial charge in [-0.1, -0.05) is 13.3 Å². The zero-order valence-corrected chi connectivity index (χ0v) is 12.1. The minimum absolute atomic E-state index is 0.218. The molecule has 0 atom stereocenters. The number of hydrogen-bond acceptors (Lipinski definition) is 3. The molecule has 0 fully saturated rings. The third-order valence-corrected chi connectivity index (χ3v) is 3.10. The van der Waals surface area contributed by atoms with Crippen LogP contribution in [0.15, 0.2) is 12.1 Å². The Bertz CT molecular complexity index is 383. The van der Waals surface area contributed by atoms with Crippen molar-refractivity contribution in [2.45, 2.75) is 32.6 Å². The summed E-state index contributed by atoms with van der Waals surface area (Å²) in [6, 6.07) is 3.13. The molecule has 0 saturated carbocycles. The number of methoxy groups -OCH3 is 2. The standard InChI is InChI=1S/C15H24FNO2/c1-4-17-9-7-5-6-8-12-10-14(18-2)15(19-3)11-13(12)16/h10-11,17H,4-9H2,1-3H3. The van der Waals surface area contributed by atoms with Crippen LogP contribution in [0.3, 0.4) is 0 Å². The van der Waals surface area contributed by atoms with Gasteiger partial charge in [0.2, 0.25) is 0 Å². The van der Waals surface area contributed by atoms with Crippen LogP contribution in [0, 0.1) is 5.82 Å². The molecule has 1 aromatic rings. The van der Waals surface area contributed by atoms with Crippen molar-refractivity contribution < 1.29 is 13.9 Å². The lowest BCUT2D eigenvalue weighted by atomic mass is 10.1. The topological polar surface area (TPSA) is 30.5 Å². The van der Waals surface area contributed by atoms with E-state index in [2.05, 4.69) is 12.2 Å². The normalized spacial score (nSPS) is 10.5. The second kappa shape index (κ2) is 8.75. The maximum Gasteiger partial charge on any atom is 0.163 e. The predicted octanol–water partition coefficient (Wildman–Crippen LogP) is 3.17. The summed E-state index contributed by atoms with van der Waals surface area (Å²) in [5.41, 5.74) is 0.695. The van der Waals surface area contributed by atoms with Crippen molar-refractivity contribution in [3.05, 3.63) is 23.5 Å². The molecule has 1 rings (SSSR count). The smallest absolute Gasteiger partial charge is 0.163 e. The summed E-state index contributed by atoms with van der Waals surface area (Å²) in [4.78, 5) is 0. The van der Waals surface area contributed by atoms with Gasteiger partial charge in [-0.25, -0.2) is 4.39 Å². The first kappa shape index (κ1) is 15.8. The van der Waals surface area contributed by atoms with E-state index in [4.69, 9.17) is 9.47 Å². The minimum atomic E-state index is -0.218. The van der Waals surface area contributed by atoms with E-state index in [9.17, 15) is 4.39 Å². The molecule has 0 heterocycles. The highest BCUT2D eigenvalue weighted by molar-refractivity contribution is 5.43. The van der Waals surface area contributed by atoms with Gasteiger partial charge in [0.05, 0.1) is 14.2 Å². The third kappa shape index (κ3) is 5.07. The molecule has 0 aliphatic heterocycles. The number of ether oxygens (including phenoxy) is 2. The van der Waals surface area contributed by atoms with Crippen LogP contribution in [0.4, 0.5) is 4.39 Å². The van der Waals surface area contributed by atoms with E-state index in [-0.39, 0.29) is 5.82 Å². The molecular weight excluding hydrogens is 245 g/mol. The summed E-state index contributed by atoms with van der Waals surface area (Å²) in [5, 5.41) is 3.28. The van der Waals surface area contributed by atoms with E-state index < -0.39 is 0 Å². The number of rotatable bonds is 9. The molecule has 108 valence electrons. The average Bonchev–Trinajstić information content (AvgIpc) is 2.43. The van der Waals surface area contributed by atoms with E-state index in [1.807, 2.05) is 0 Å². The van der Waals surface area contributed by atoms with Gasteiger partial charge in [0.25, 0.3) is 0 Å². The van der Waals surface area contributed by atoms with Crippen molar-refractivity contribution >= 4 is 0 Å². The maximum absolute atomic E-state index is 13.8. The van der Waals surface area contributed by atoms with E-state index in [0.29, 0.717) is 17.1 Å². The van der Waals surface area contributed by atoms with Crippen molar-refractivity contribution in [3.63, 3.8) is 0 Å². The van der Waals surface area contributed by atoms with Gasteiger partial charge in [0.1, 0.15) is 5.82 Å². The Morgan fingerprint density at radius 2 is 1.74 bits per heavy atom. The van der Waals surface area contributed by atoms with Gasteiger partial charge in [-0.3, -0.25) is 0 Å². The summed E-state index contributed by atoms with van der Waals surface area (Å²) in [5.74, 6) is 0.812. The molecule has 1 N–H and O–H groups in total. The number of nitrogens with one attached hydrogen (secondary N) is 1. The van der Waals surface area contributed by atoms with Crippen LogP contribution in [0.25, 0.3) is 0 Å². The Morgan fingerprint density at radius 3 is 2.37 bits per heavy atom. The van der Waals surface area contributed by atoms with Crippen LogP contribution in [0.1, 0.15) is 31.7 Å². The monoisotopic (exact) mass is 269 g/mol. The first-order chi connectivity index (χ1) is 9.22. The SMILES string of the molecule is CCNCCCCCc1cc(OC)c(OC)cc1F. The van der Waals surface area contributed by atoms with Crippen LogP contribution < -0.4 is 14.8 Å². The maximum atomic E-state index is 13.8. The van der Waals surface area contributed by atoms with Crippen molar-refractivity contribution in [1.29, 1.82) is 0 Å². The van der Waals surface area contributed by atoms with Crippen LogP contribution in [-0.4, -0.2) is 27.3 Å².